The molecule has 3 rings (SSSR count). The summed E-state index contributed by atoms with van der Waals surface area (Å²) in [6.45, 7) is 2.01. The molecule has 0 fully saturated rings. The van der Waals surface area contributed by atoms with Crippen molar-refractivity contribution in [2.24, 2.45) is 0 Å². The van der Waals surface area contributed by atoms with Crippen LogP contribution in [0, 0.1) is 6.92 Å². The van der Waals surface area contributed by atoms with Crippen LogP contribution >= 0.6 is 0 Å². The lowest BCUT2D eigenvalue weighted by Gasteiger charge is -2.27. The summed E-state index contributed by atoms with van der Waals surface area (Å²) in [5, 5.41) is 6.21. The van der Waals surface area contributed by atoms with Gasteiger partial charge >= 0.3 is 6.18 Å². The highest BCUT2D eigenvalue weighted by Crippen LogP contribution is 2.30. The minimum Gasteiger partial charge on any atom is -0.358 e. The largest absolute Gasteiger partial charge is 0.416 e. The highest BCUT2D eigenvalue weighted by molar-refractivity contribution is 5.83. The summed E-state index contributed by atoms with van der Waals surface area (Å²) in [5.41, 5.74) is 3.15. The van der Waals surface area contributed by atoms with Crippen molar-refractivity contribution in [3.63, 3.8) is 0 Å². The van der Waals surface area contributed by atoms with Crippen LogP contribution < -0.4 is 10.6 Å². The number of carbonyl (C=O) groups excluding carboxylic acids is 1. The van der Waals surface area contributed by atoms with E-state index in [0.717, 1.165) is 34.4 Å². The van der Waals surface area contributed by atoms with Crippen LogP contribution in [0.5, 0.6) is 0 Å². The fourth-order valence-electron chi connectivity index (χ4n) is 3.79. The number of rotatable bonds is 8. The molecule has 0 aliphatic rings. The van der Waals surface area contributed by atoms with E-state index in [2.05, 4.69) is 10.6 Å². The van der Waals surface area contributed by atoms with Crippen LogP contribution in [0.2, 0.25) is 0 Å². The molecule has 0 aliphatic heterocycles. The predicted octanol–water partition coefficient (Wildman–Crippen LogP) is 5.76. The second-order valence-electron chi connectivity index (χ2n) is 7.77. The van der Waals surface area contributed by atoms with Crippen LogP contribution in [0.3, 0.4) is 0 Å². The topological polar surface area (TPSA) is 41.1 Å². The van der Waals surface area contributed by atoms with E-state index >= 15 is 0 Å². The van der Waals surface area contributed by atoms with Gasteiger partial charge in [-0.15, -0.1) is 0 Å². The first kappa shape index (κ1) is 23.5. The zero-order chi connectivity index (χ0) is 23.1. The van der Waals surface area contributed by atoms with Gasteiger partial charge in [0.15, 0.2) is 0 Å². The van der Waals surface area contributed by atoms with Crippen molar-refractivity contribution in [2.45, 2.75) is 38.0 Å². The van der Waals surface area contributed by atoms with Gasteiger partial charge in [0.2, 0.25) is 5.91 Å². The normalized spacial score (nSPS) is 13.4. The molecule has 168 valence electrons. The maximum absolute atomic E-state index is 12.9. The Labute approximate surface area is 186 Å². The third kappa shape index (κ3) is 5.98. The van der Waals surface area contributed by atoms with Crippen LogP contribution in [-0.4, -0.2) is 13.0 Å². The number of amides is 1. The Morgan fingerprint density at radius 3 is 2.12 bits per heavy atom. The van der Waals surface area contributed by atoms with E-state index in [4.69, 9.17) is 0 Å². The molecule has 6 heteroatoms. The molecular formula is C26H27F3N2O. The van der Waals surface area contributed by atoms with Gasteiger partial charge in [-0.2, -0.15) is 13.2 Å². The first-order chi connectivity index (χ1) is 15.3. The summed E-state index contributed by atoms with van der Waals surface area (Å²) in [6, 6.07) is 22.0. The third-order valence-corrected chi connectivity index (χ3v) is 5.58. The van der Waals surface area contributed by atoms with E-state index in [-0.39, 0.29) is 11.9 Å². The van der Waals surface area contributed by atoms with Crippen molar-refractivity contribution >= 4 is 5.91 Å². The van der Waals surface area contributed by atoms with Crippen LogP contribution in [0.4, 0.5) is 13.2 Å². The fraction of sp³-hybridized carbons (Fsp3) is 0.269. The molecule has 0 radical (unpaired) electrons. The van der Waals surface area contributed by atoms with Crippen molar-refractivity contribution in [1.82, 2.24) is 10.6 Å². The Bertz CT molecular complexity index is 1020. The molecule has 0 heterocycles. The van der Waals surface area contributed by atoms with Crippen molar-refractivity contribution in [2.75, 3.05) is 7.05 Å². The standard InChI is InChI=1S/C26H27F3N2O/c1-18-8-6-7-11-22(18)23(17-14-19-12-15-21(16-13-19)26(27,28)29)31-24(25(32)30-2)20-9-4-3-5-10-20/h3-13,15-16,23-24,31H,14,17H2,1-2H3,(H,30,32)/t23-,24-/m1/s1. The van der Waals surface area contributed by atoms with E-state index in [1.165, 1.54) is 12.1 Å². The smallest absolute Gasteiger partial charge is 0.358 e. The molecule has 0 aliphatic carbocycles. The maximum Gasteiger partial charge on any atom is 0.416 e. The highest BCUT2D eigenvalue weighted by Gasteiger charge is 2.30. The zero-order valence-corrected chi connectivity index (χ0v) is 18.1. The second kappa shape index (κ2) is 10.5. The minimum absolute atomic E-state index is 0.149. The van der Waals surface area contributed by atoms with Crippen LogP contribution in [-0.2, 0) is 17.4 Å². The van der Waals surface area contributed by atoms with Gasteiger partial charge in [0, 0.05) is 13.1 Å². The summed E-state index contributed by atoms with van der Waals surface area (Å²) in [4.78, 5) is 12.7. The Balaban J connectivity index is 1.85. The van der Waals surface area contributed by atoms with Crippen molar-refractivity contribution < 1.29 is 18.0 Å². The summed E-state index contributed by atoms with van der Waals surface area (Å²) in [6.07, 6.45) is -3.16. The number of likely N-dealkylation sites (N-methyl/N-ethyl adjacent to an activating group) is 1. The average Bonchev–Trinajstić information content (AvgIpc) is 2.79. The number of halogens is 3. The molecule has 1 amide bonds. The predicted molar refractivity (Wildman–Crippen MR) is 120 cm³/mol. The van der Waals surface area contributed by atoms with E-state index in [1.54, 1.807) is 7.05 Å². The van der Waals surface area contributed by atoms with Gasteiger partial charge in [0.1, 0.15) is 6.04 Å². The van der Waals surface area contributed by atoms with E-state index < -0.39 is 17.8 Å². The Kier molecular flexibility index (Phi) is 7.70. The first-order valence-corrected chi connectivity index (χ1v) is 10.5. The molecule has 0 aromatic heterocycles. The summed E-state index contributed by atoms with van der Waals surface area (Å²) < 4.78 is 38.6. The molecule has 0 saturated heterocycles. The summed E-state index contributed by atoms with van der Waals surface area (Å²) in [5.74, 6) is -0.149. The van der Waals surface area contributed by atoms with Gasteiger partial charge in [0.25, 0.3) is 0 Å². The molecule has 3 nitrogen and oxygen atoms in total. The Morgan fingerprint density at radius 1 is 0.906 bits per heavy atom. The lowest BCUT2D eigenvalue weighted by atomic mass is 9.93. The van der Waals surface area contributed by atoms with Gasteiger partial charge in [-0.1, -0.05) is 66.7 Å². The SMILES string of the molecule is CNC(=O)[C@H](N[C@H](CCc1ccc(C(F)(F)F)cc1)c1ccccc1C)c1ccccc1. The molecule has 0 unspecified atom stereocenters. The monoisotopic (exact) mass is 440 g/mol. The summed E-state index contributed by atoms with van der Waals surface area (Å²) in [7, 11) is 1.60. The molecule has 2 atom stereocenters. The number of benzene rings is 3. The van der Waals surface area contributed by atoms with Crippen molar-refractivity contribution in [3.05, 3.63) is 107 Å². The molecule has 3 aromatic rings. The van der Waals surface area contributed by atoms with Crippen LogP contribution in [0.1, 0.15) is 46.3 Å². The van der Waals surface area contributed by atoms with E-state index in [0.29, 0.717) is 12.8 Å². The Hall–Kier alpha value is -3.12. The van der Waals surface area contributed by atoms with Crippen LogP contribution in [0.15, 0.2) is 78.9 Å². The number of hydrogen-bond acceptors (Lipinski definition) is 2. The number of nitrogens with one attached hydrogen (secondary N) is 2. The maximum atomic E-state index is 12.9. The van der Waals surface area contributed by atoms with Gasteiger partial charge in [-0.3, -0.25) is 10.1 Å². The van der Waals surface area contributed by atoms with Gasteiger partial charge < -0.3 is 5.32 Å². The molecule has 2 N–H and O–H groups in total. The Morgan fingerprint density at radius 2 is 1.53 bits per heavy atom. The van der Waals surface area contributed by atoms with Gasteiger partial charge in [0.05, 0.1) is 5.56 Å². The highest BCUT2D eigenvalue weighted by atomic mass is 19.4. The summed E-state index contributed by atoms with van der Waals surface area (Å²) >= 11 is 0. The van der Waals surface area contributed by atoms with Crippen molar-refractivity contribution in [1.29, 1.82) is 0 Å². The quantitative estimate of drug-likeness (QED) is 0.467. The van der Waals surface area contributed by atoms with E-state index in [9.17, 15) is 18.0 Å². The van der Waals surface area contributed by atoms with Gasteiger partial charge in [-0.05, 0) is 54.2 Å². The molecule has 3 aromatic carbocycles. The molecule has 0 spiro atoms. The first-order valence-electron chi connectivity index (χ1n) is 10.5. The zero-order valence-electron chi connectivity index (χ0n) is 18.1. The fourth-order valence-corrected chi connectivity index (χ4v) is 3.79. The van der Waals surface area contributed by atoms with Gasteiger partial charge in [-0.25, -0.2) is 0 Å². The average molecular weight is 441 g/mol. The number of aryl methyl sites for hydroxylation is 2. The lowest BCUT2D eigenvalue weighted by Crippen LogP contribution is -2.38. The molecule has 0 saturated carbocycles. The second-order valence-corrected chi connectivity index (χ2v) is 7.77. The van der Waals surface area contributed by atoms with E-state index in [1.807, 2.05) is 61.5 Å². The molecular weight excluding hydrogens is 413 g/mol. The van der Waals surface area contributed by atoms with Crippen molar-refractivity contribution in [3.8, 4) is 0 Å². The third-order valence-electron chi connectivity index (χ3n) is 5.58. The van der Waals surface area contributed by atoms with Crippen LogP contribution in [0.25, 0.3) is 0 Å². The number of alkyl halides is 3. The number of hydrogen-bond donors (Lipinski definition) is 2. The molecule has 32 heavy (non-hydrogen) atoms. The number of carbonyl (C=O) groups is 1. The minimum atomic E-state index is -4.35. The lowest BCUT2D eigenvalue weighted by molar-refractivity contribution is -0.137. The molecule has 0 bridgehead atoms.